The molecule has 2 rings (SSSR count). The lowest BCUT2D eigenvalue weighted by atomic mass is 9.90. The highest BCUT2D eigenvalue weighted by Crippen LogP contribution is 2.30. The Morgan fingerprint density at radius 2 is 1.74 bits per heavy atom. The molecule has 0 aliphatic rings. The van der Waals surface area contributed by atoms with Crippen LogP contribution in [0, 0.1) is 13.8 Å². The minimum atomic E-state index is 0.286. The highest BCUT2D eigenvalue weighted by atomic mass is 14.9. The molecule has 0 amide bonds. The summed E-state index contributed by atoms with van der Waals surface area (Å²) < 4.78 is 0. The van der Waals surface area contributed by atoms with Crippen LogP contribution in [0.15, 0.2) is 42.6 Å². The molecule has 0 spiro atoms. The molecule has 2 aromatic rings. The fourth-order valence-corrected chi connectivity index (χ4v) is 2.71. The second-order valence-electron chi connectivity index (χ2n) is 5.23. The van der Waals surface area contributed by atoms with Crippen molar-refractivity contribution < 1.29 is 0 Å². The van der Waals surface area contributed by atoms with Gasteiger partial charge in [-0.1, -0.05) is 42.3 Å². The summed E-state index contributed by atoms with van der Waals surface area (Å²) >= 11 is 0. The first-order valence-electron chi connectivity index (χ1n) is 6.78. The average Bonchev–Trinajstić information content (AvgIpc) is 2.39. The van der Waals surface area contributed by atoms with Gasteiger partial charge in [0.25, 0.3) is 0 Å². The van der Waals surface area contributed by atoms with E-state index in [1.54, 1.807) is 0 Å². The molecule has 0 fully saturated rings. The Morgan fingerprint density at radius 1 is 1.05 bits per heavy atom. The summed E-state index contributed by atoms with van der Waals surface area (Å²) in [5, 5.41) is 3.43. The lowest BCUT2D eigenvalue weighted by Gasteiger charge is -2.24. The van der Waals surface area contributed by atoms with Crippen LogP contribution in [-0.2, 0) is 0 Å². The van der Waals surface area contributed by atoms with Gasteiger partial charge in [0.05, 0.1) is 0 Å². The molecule has 1 N–H and O–H groups in total. The van der Waals surface area contributed by atoms with Crippen LogP contribution in [0.4, 0.5) is 0 Å². The first-order valence-corrected chi connectivity index (χ1v) is 6.78. The van der Waals surface area contributed by atoms with Crippen molar-refractivity contribution in [3.8, 4) is 0 Å². The van der Waals surface area contributed by atoms with Crippen molar-refractivity contribution in [1.29, 1.82) is 0 Å². The van der Waals surface area contributed by atoms with Crippen LogP contribution >= 0.6 is 0 Å². The van der Waals surface area contributed by atoms with Gasteiger partial charge in [0, 0.05) is 23.9 Å². The van der Waals surface area contributed by atoms with E-state index in [4.69, 9.17) is 0 Å². The molecule has 0 saturated heterocycles. The standard InChI is InChI=1S/C17H22N2/c1-12-9-13(2)11-15(10-12)17(18-4)14(3)16-7-5-6-8-19-16/h5-11,14,17-18H,1-4H3. The second-order valence-corrected chi connectivity index (χ2v) is 5.23. The third-order valence-corrected chi connectivity index (χ3v) is 3.57. The number of nitrogens with zero attached hydrogens (tertiary/aromatic N) is 1. The lowest BCUT2D eigenvalue weighted by Crippen LogP contribution is -2.23. The van der Waals surface area contributed by atoms with Gasteiger partial charge in [0.2, 0.25) is 0 Å². The van der Waals surface area contributed by atoms with E-state index in [0.717, 1.165) is 5.69 Å². The summed E-state index contributed by atoms with van der Waals surface area (Å²) in [6, 6.07) is 13.1. The van der Waals surface area contributed by atoms with E-state index in [1.165, 1.54) is 16.7 Å². The van der Waals surface area contributed by atoms with E-state index in [0.29, 0.717) is 5.92 Å². The molecule has 0 aliphatic carbocycles. The molecule has 100 valence electrons. The topological polar surface area (TPSA) is 24.9 Å². The highest BCUT2D eigenvalue weighted by Gasteiger charge is 2.20. The number of benzene rings is 1. The molecular weight excluding hydrogens is 232 g/mol. The van der Waals surface area contributed by atoms with E-state index in [9.17, 15) is 0 Å². The average molecular weight is 254 g/mol. The van der Waals surface area contributed by atoms with Crippen LogP contribution in [0.25, 0.3) is 0 Å². The summed E-state index contributed by atoms with van der Waals surface area (Å²) in [5.41, 5.74) is 5.08. The number of aryl methyl sites for hydroxylation is 2. The molecule has 2 heteroatoms. The van der Waals surface area contributed by atoms with Gasteiger partial charge in [0.1, 0.15) is 0 Å². The molecular formula is C17H22N2. The van der Waals surface area contributed by atoms with E-state index in [2.05, 4.69) is 55.3 Å². The van der Waals surface area contributed by atoms with Crippen LogP contribution in [0.5, 0.6) is 0 Å². The summed E-state index contributed by atoms with van der Waals surface area (Å²) in [6.45, 7) is 6.52. The van der Waals surface area contributed by atoms with E-state index < -0.39 is 0 Å². The normalized spacial score (nSPS) is 14.1. The number of nitrogens with one attached hydrogen (secondary N) is 1. The third kappa shape index (κ3) is 3.21. The zero-order valence-corrected chi connectivity index (χ0v) is 12.1. The first kappa shape index (κ1) is 13.8. The highest BCUT2D eigenvalue weighted by molar-refractivity contribution is 5.32. The van der Waals surface area contributed by atoms with E-state index in [-0.39, 0.29) is 6.04 Å². The Kier molecular flexibility index (Phi) is 4.33. The Morgan fingerprint density at radius 3 is 2.26 bits per heavy atom. The van der Waals surface area contributed by atoms with Gasteiger partial charge in [-0.15, -0.1) is 0 Å². The molecule has 1 heterocycles. The Bertz CT molecular complexity index is 514. The third-order valence-electron chi connectivity index (χ3n) is 3.57. The van der Waals surface area contributed by atoms with Crippen LogP contribution in [0.3, 0.4) is 0 Å². The van der Waals surface area contributed by atoms with Crippen molar-refractivity contribution in [2.75, 3.05) is 7.05 Å². The number of likely N-dealkylation sites (N-methyl/N-ethyl adjacent to an activating group) is 1. The smallest absolute Gasteiger partial charge is 0.0450 e. The van der Waals surface area contributed by atoms with Gasteiger partial charge in [-0.05, 0) is 38.6 Å². The Hall–Kier alpha value is -1.67. The zero-order valence-electron chi connectivity index (χ0n) is 12.1. The van der Waals surface area contributed by atoms with Crippen molar-refractivity contribution in [3.05, 3.63) is 65.0 Å². The van der Waals surface area contributed by atoms with Gasteiger partial charge in [-0.2, -0.15) is 0 Å². The van der Waals surface area contributed by atoms with Crippen LogP contribution in [0.1, 0.15) is 41.3 Å². The van der Waals surface area contributed by atoms with E-state index >= 15 is 0 Å². The summed E-state index contributed by atoms with van der Waals surface area (Å²) in [7, 11) is 2.02. The number of hydrogen-bond donors (Lipinski definition) is 1. The predicted octanol–water partition coefficient (Wildman–Crippen LogP) is 3.76. The maximum absolute atomic E-state index is 4.48. The fourth-order valence-electron chi connectivity index (χ4n) is 2.71. The number of pyridine rings is 1. The molecule has 2 unspecified atom stereocenters. The molecule has 0 bridgehead atoms. The van der Waals surface area contributed by atoms with Crippen molar-refractivity contribution in [3.63, 3.8) is 0 Å². The van der Waals surface area contributed by atoms with Crippen molar-refractivity contribution in [2.24, 2.45) is 0 Å². The van der Waals surface area contributed by atoms with E-state index in [1.807, 2.05) is 25.4 Å². The molecule has 0 radical (unpaired) electrons. The maximum Gasteiger partial charge on any atom is 0.0450 e. The van der Waals surface area contributed by atoms with Crippen molar-refractivity contribution in [1.82, 2.24) is 10.3 Å². The van der Waals surface area contributed by atoms with Gasteiger partial charge < -0.3 is 5.32 Å². The van der Waals surface area contributed by atoms with Gasteiger partial charge in [-0.25, -0.2) is 0 Å². The number of aromatic nitrogens is 1. The molecule has 1 aromatic carbocycles. The SMILES string of the molecule is CNC(c1cc(C)cc(C)c1)C(C)c1ccccn1. The molecule has 2 nitrogen and oxygen atoms in total. The molecule has 2 atom stereocenters. The Labute approximate surface area is 115 Å². The lowest BCUT2D eigenvalue weighted by molar-refractivity contribution is 0.498. The van der Waals surface area contributed by atoms with Crippen molar-refractivity contribution >= 4 is 0 Å². The van der Waals surface area contributed by atoms with Gasteiger partial charge >= 0.3 is 0 Å². The zero-order chi connectivity index (χ0) is 13.8. The predicted molar refractivity (Wildman–Crippen MR) is 80.4 cm³/mol. The number of hydrogen-bond acceptors (Lipinski definition) is 2. The monoisotopic (exact) mass is 254 g/mol. The molecule has 0 aliphatic heterocycles. The largest absolute Gasteiger partial charge is 0.312 e. The summed E-state index contributed by atoms with van der Waals surface area (Å²) in [5.74, 6) is 0.340. The van der Waals surface area contributed by atoms with Crippen LogP contribution < -0.4 is 5.32 Å². The molecule has 0 saturated carbocycles. The van der Waals surface area contributed by atoms with Crippen molar-refractivity contribution in [2.45, 2.75) is 32.7 Å². The quantitative estimate of drug-likeness (QED) is 0.898. The Balaban J connectivity index is 2.34. The number of rotatable bonds is 4. The summed E-state index contributed by atoms with van der Waals surface area (Å²) in [6.07, 6.45) is 1.86. The summed E-state index contributed by atoms with van der Waals surface area (Å²) in [4.78, 5) is 4.48. The first-order chi connectivity index (χ1) is 9.11. The van der Waals surface area contributed by atoms with Crippen LogP contribution in [-0.4, -0.2) is 12.0 Å². The molecule has 19 heavy (non-hydrogen) atoms. The van der Waals surface area contributed by atoms with Crippen LogP contribution in [0.2, 0.25) is 0 Å². The second kappa shape index (κ2) is 5.98. The minimum Gasteiger partial charge on any atom is -0.312 e. The fraction of sp³-hybridized carbons (Fsp3) is 0.353. The molecule has 1 aromatic heterocycles. The van der Waals surface area contributed by atoms with Gasteiger partial charge in [-0.3, -0.25) is 4.98 Å². The van der Waals surface area contributed by atoms with Gasteiger partial charge in [0.15, 0.2) is 0 Å². The minimum absolute atomic E-state index is 0.286. The maximum atomic E-state index is 4.48.